The molecule has 8 nitrogen and oxygen atoms in total. The van der Waals surface area contributed by atoms with Crippen LogP contribution in [0.15, 0.2) is 18.2 Å². The number of nitro groups is 1. The SMILES string of the molecule is CCc1nc(CC)n(-c2ccc([N+](=O)[O-])c(C(=O)O)c2)n1. The van der Waals surface area contributed by atoms with Crippen molar-refractivity contribution in [3.8, 4) is 5.69 Å². The predicted molar refractivity (Wildman–Crippen MR) is 73.7 cm³/mol. The van der Waals surface area contributed by atoms with Crippen LogP contribution in [0, 0.1) is 10.1 Å². The third-order valence-corrected chi connectivity index (χ3v) is 3.00. The van der Waals surface area contributed by atoms with Gasteiger partial charge in [-0.25, -0.2) is 14.5 Å². The number of nitrogens with zero attached hydrogens (tertiary/aromatic N) is 4. The fourth-order valence-corrected chi connectivity index (χ4v) is 1.96. The van der Waals surface area contributed by atoms with Crippen LogP contribution >= 0.6 is 0 Å². The van der Waals surface area contributed by atoms with E-state index >= 15 is 0 Å². The van der Waals surface area contributed by atoms with Crippen LogP contribution in [0.2, 0.25) is 0 Å². The van der Waals surface area contributed by atoms with Crippen molar-refractivity contribution in [2.24, 2.45) is 0 Å². The molecule has 0 aliphatic rings. The average Bonchev–Trinajstić information content (AvgIpc) is 2.89. The Morgan fingerprint density at radius 3 is 2.62 bits per heavy atom. The van der Waals surface area contributed by atoms with E-state index in [1.807, 2.05) is 13.8 Å². The Kier molecular flexibility index (Phi) is 3.97. The monoisotopic (exact) mass is 290 g/mol. The molecule has 0 radical (unpaired) electrons. The maximum absolute atomic E-state index is 11.2. The molecule has 110 valence electrons. The van der Waals surface area contributed by atoms with Crippen LogP contribution in [-0.4, -0.2) is 30.8 Å². The summed E-state index contributed by atoms with van der Waals surface area (Å²) in [6, 6.07) is 3.89. The van der Waals surface area contributed by atoms with E-state index in [2.05, 4.69) is 10.1 Å². The molecule has 1 heterocycles. The lowest BCUT2D eigenvalue weighted by Crippen LogP contribution is -2.07. The average molecular weight is 290 g/mol. The highest BCUT2D eigenvalue weighted by Crippen LogP contribution is 2.22. The molecule has 0 fully saturated rings. The van der Waals surface area contributed by atoms with Crippen molar-refractivity contribution in [3.63, 3.8) is 0 Å². The normalized spacial score (nSPS) is 10.6. The number of aromatic carboxylic acids is 1. The smallest absolute Gasteiger partial charge is 0.342 e. The first-order valence-corrected chi connectivity index (χ1v) is 6.44. The zero-order valence-corrected chi connectivity index (χ0v) is 11.6. The van der Waals surface area contributed by atoms with Gasteiger partial charge in [0, 0.05) is 18.9 Å². The standard InChI is InChI=1S/C13H14N4O4/c1-3-11-14-12(4-2)16(15-11)8-5-6-10(17(20)21)9(7-8)13(18)19/h5-7H,3-4H2,1-2H3,(H,18,19). The van der Waals surface area contributed by atoms with Gasteiger partial charge >= 0.3 is 5.97 Å². The highest BCUT2D eigenvalue weighted by atomic mass is 16.6. The molecule has 0 aliphatic carbocycles. The van der Waals surface area contributed by atoms with Crippen molar-refractivity contribution in [1.82, 2.24) is 14.8 Å². The van der Waals surface area contributed by atoms with E-state index in [1.165, 1.54) is 22.9 Å². The van der Waals surface area contributed by atoms with Crippen LogP contribution in [0.25, 0.3) is 5.69 Å². The van der Waals surface area contributed by atoms with E-state index < -0.39 is 16.6 Å². The van der Waals surface area contributed by atoms with Crippen molar-refractivity contribution in [2.45, 2.75) is 26.7 Å². The lowest BCUT2D eigenvalue weighted by molar-refractivity contribution is -0.385. The molecule has 1 aromatic carbocycles. The van der Waals surface area contributed by atoms with Gasteiger partial charge in [0.15, 0.2) is 5.82 Å². The van der Waals surface area contributed by atoms with Crippen LogP contribution in [-0.2, 0) is 12.8 Å². The summed E-state index contributed by atoms with van der Waals surface area (Å²) >= 11 is 0. The molecule has 1 N–H and O–H groups in total. The second kappa shape index (κ2) is 5.70. The topological polar surface area (TPSA) is 111 Å². The quantitative estimate of drug-likeness (QED) is 0.666. The van der Waals surface area contributed by atoms with Gasteiger partial charge in [-0.2, -0.15) is 5.10 Å². The summed E-state index contributed by atoms with van der Waals surface area (Å²) in [6.45, 7) is 3.82. The summed E-state index contributed by atoms with van der Waals surface area (Å²) < 4.78 is 1.52. The summed E-state index contributed by atoms with van der Waals surface area (Å²) in [5.74, 6) is -0.0310. The summed E-state index contributed by atoms with van der Waals surface area (Å²) in [5, 5.41) is 24.3. The highest BCUT2D eigenvalue weighted by Gasteiger charge is 2.21. The second-order valence-electron chi connectivity index (χ2n) is 4.33. The Morgan fingerprint density at radius 1 is 1.38 bits per heavy atom. The Hall–Kier alpha value is -2.77. The van der Waals surface area contributed by atoms with E-state index in [9.17, 15) is 14.9 Å². The fourth-order valence-electron chi connectivity index (χ4n) is 1.96. The van der Waals surface area contributed by atoms with Gasteiger partial charge in [-0.1, -0.05) is 13.8 Å². The number of aromatic nitrogens is 3. The lowest BCUT2D eigenvalue weighted by atomic mass is 10.1. The van der Waals surface area contributed by atoms with E-state index in [-0.39, 0.29) is 5.56 Å². The third kappa shape index (κ3) is 2.73. The molecule has 0 spiro atoms. The summed E-state index contributed by atoms with van der Waals surface area (Å²) in [4.78, 5) is 25.6. The fraction of sp³-hybridized carbons (Fsp3) is 0.308. The first-order chi connectivity index (χ1) is 9.97. The van der Waals surface area contributed by atoms with Crippen molar-refractivity contribution < 1.29 is 14.8 Å². The number of carboxylic acids is 1. The lowest BCUT2D eigenvalue weighted by Gasteiger charge is -2.06. The molecule has 0 aliphatic heterocycles. The molecular formula is C13H14N4O4. The first-order valence-electron chi connectivity index (χ1n) is 6.44. The summed E-state index contributed by atoms with van der Waals surface area (Å²) in [7, 11) is 0. The van der Waals surface area contributed by atoms with Gasteiger partial charge in [0.25, 0.3) is 5.69 Å². The van der Waals surface area contributed by atoms with Crippen molar-refractivity contribution in [2.75, 3.05) is 0 Å². The molecule has 2 rings (SSSR count). The minimum atomic E-state index is -1.35. The van der Waals surface area contributed by atoms with Crippen molar-refractivity contribution in [1.29, 1.82) is 0 Å². The molecule has 0 atom stereocenters. The minimum Gasteiger partial charge on any atom is -0.477 e. The molecule has 21 heavy (non-hydrogen) atoms. The number of hydrogen-bond acceptors (Lipinski definition) is 5. The summed E-state index contributed by atoms with van der Waals surface area (Å²) in [6.07, 6.45) is 1.27. The zero-order chi connectivity index (χ0) is 15.6. The second-order valence-corrected chi connectivity index (χ2v) is 4.33. The molecule has 8 heteroatoms. The molecule has 2 aromatic rings. The Morgan fingerprint density at radius 2 is 2.10 bits per heavy atom. The molecule has 0 saturated carbocycles. The maximum Gasteiger partial charge on any atom is 0.342 e. The third-order valence-electron chi connectivity index (χ3n) is 3.00. The molecule has 0 amide bonds. The largest absolute Gasteiger partial charge is 0.477 e. The van der Waals surface area contributed by atoms with Crippen LogP contribution in [0.5, 0.6) is 0 Å². The number of benzene rings is 1. The number of nitro benzene ring substituents is 1. The molecular weight excluding hydrogens is 276 g/mol. The Balaban J connectivity index is 2.60. The van der Waals surface area contributed by atoms with Gasteiger partial charge in [-0.3, -0.25) is 10.1 Å². The molecule has 0 saturated heterocycles. The minimum absolute atomic E-state index is 0.367. The number of carboxylic acid groups (broad SMARTS) is 1. The molecule has 0 unspecified atom stereocenters. The maximum atomic E-state index is 11.2. The van der Waals surface area contributed by atoms with Crippen molar-refractivity contribution in [3.05, 3.63) is 45.5 Å². The van der Waals surface area contributed by atoms with Gasteiger partial charge < -0.3 is 5.11 Å². The van der Waals surface area contributed by atoms with Gasteiger partial charge in [0.2, 0.25) is 0 Å². The number of carbonyl (C=O) groups is 1. The van der Waals surface area contributed by atoms with Gasteiger partial charge in [0.05, 0.1) is 10.6 Å². The van der Waals surface area contributed by atoms with E-state index in [4.69, 9.17) is 5.11 Å². The van der Waals surface area contributed by atoms with E-state index in [0.29, 0.717) is 30.2 Å². The van der Waals surface area contributed by atoms with Crippen LogP contribution in [0.1, 0.15) is 35.9 Å². The zero-order valence-electron chi connectivity index (χ0n) is 11.6. The number of aryl methyl sites for hydroxylation is 2. The van der Waals surface area contributed by atoms with Crippen LogP contribution < -0.4 is 0 Å². The summed E-state index contributed by atoms with van der Waals surface area (Å²) in [5.41, 5.74) is -0.365. The van der Waals surface area contributed by atoms with Crippen LogP contribution in [0.4, 0.5) is 5.69 Å². The Bertz CT molecular complexity index is 708. The van der Waals surface area contributed by atoms with E-state index in [0.717, 1.165) is 0 Å². The number of hydrogen-bond donors (Lipinski definition) is 1. The van der Waals surface area contributed by atoms with E-state index in [1.54, 1.807) is 0 Å². The van der Waals surface area contributed by atoms with Gasteiger partial charge in [-0.05, 0) is 12.1 Å². The molecule has 1 aromatic heterocycles. The van der Waals surface area contributed by atoms with Gasteiger partial charge in [0.1, 0.15) is 11.4 Å². The Labute approximate surface area is 120 Å². The van der Waals surface area contributed by atoms with Crippen molar-refractivity contribution >= 4 is 11.7 Å². The number of rotatable bonds is 5. The first kappa shape index (κ1) is 14.6. The predicted octanol–water partition coefficient (Wildman–Crippen LogP) is 2.00. The molecule has 0 bridgehead atoms. The highest BCUT2D eigenvalue weighted by molar-refractivity contribution is 5.93. The van der Waals surface area contributed by atoms with Crippen LogP contribution in [0.3, 0.4) is 0 Å². The van der Waals surface area contributed by atoms with Gasteiger partial charge in [-0.15, -0.1) is 0 Å².